The van der Waals surface area contributed by atoms with E-state index in [0.29, 0.717) is 17.8 Å². The van der Waals surface area contributed by atoms with E-state index in [1.165, 1.54) is 4.90 Å². The van der Waals surface area contributed by atoms with Crippen molar-refractivity contribution in [1.29, 1.82) is 0 Å². The van der Waals surface area contributed by atoms with E-state index in [4.69, 9.17) is 0 Å². The third-order valence-corrected chi connectivity index (χ3v) is 4.72. The number of hydrogen-bond acceptors (Lipinski definition) is 3. The highest BCUT2D eigenvalue weighted by Crippen LogP contribution is 2.32. The second-order valence-corrected chi connectivity index (χ2v) is 6.97. The number of benzene rings is 2. The summed E-state index contributed by atoms with van der Waals surface area (Å²) in [5, 5.41) is 3.15. The lowest BCUT2D eigenvalue weighted by Gasteiger charge is -2.12. The molecule has 128 valence electrons. The van der Waals surface area contributed by atoms with Gasteiger partial charge in [-0.1, -0.05) is 45.8 Å². The highest BCUT2D eigenvalue weighted by molar-refractivity contribution is 9.10. The van der Waals surface area contributed by atoms with Crippen molar-refractivity contribution < 1.29 is 9.59 Å². The van der Waals surface area contributed by atoms with Crippen molar-refractivity contribution in [3.8, 4) is 0 Å². The van der Waals surface area contributed by atoms with Gasteiger partial charge in [-0.15, -0.1) is 0 Å². The average molecular weight is 399 g/mol. The monoisotopic (exact) mass is 398 g/mol. The molecule has 0 spiro atoms. The Morgan fingerprint density at radius 1 is 1.04 bits per heavy atom. The molecule has 2 aromatic carbocycles. The molecular formula is C20H19BrN2O2. The Morgan fingerprint density at radius 2 is 1.80 bits per heavy atom. The molecule has 1 N–H and O–H groups in total. The highest BCUT2D eigenvalue weighted by atomic mass is 79.9. The van der Waals surface area contributed by atoms with Crippen LogP contribution in [0, 0.1) is 13.8 Å². The summed E-state index contributed by atoms with van der Waals surface area (Å²) in [6, 6.07) is 13.4. The van der Waals surface area contributed by atoms with Crippen LogP contribution in [0.5, 0.6) is 0 Å². The van der Waals surface area contributed by atoms with E-state index in [0.717, 1.165) is 26.9 Å². The van der Waals surface area contributed by atoms with Crippen LogP contribution in [-0.2, 0) is 9.59 Å². The van der Waals surface area contributed by atoms with Crippen LogP contribution in [0.1, 0.15) is 23.6 Å². The van der Waals surface area contributed by atoms with E-state index >= 15 is 0 Å². The van der Waals surface area contributed by atoms with Crippen LogP contribution >= 0.6 is 15.9 Å². The first-order valence-electron chi connectivity index (χ1n) is 8.13. The predicted octanol–water partition coefficient (Wildman–Crippen LogP) is 4.28. The molecule has 5 heteroatoms. The SMILES string of the molecule is CCN1C(=O)C(Nc2cccc(Br)c2)=C(c2ccc(C)cc2C)C1=O. The molecule has 0 unspecified atom stereocenters. The van der Waals surface area contributed by atoms with Crippen LogP contribution in [0.15, 0.2) is 52.6 Å². The number of halogens is 1. The van der Waals surface area contributed by atoms with Gasteiger partial charge in [-0.25, -0.2) is 0 Å². The van der Waals surface area contributed by atoms with Crippen molar-refractivity contribution in [2.24, 2.45) is 0 Å². The summed E-state index contributed by atoms with van der Waals surface area (Å²) in [6.07, 6.45) is 0. The number of aryl methyl sites for hydroxylation is 2. The third kappa shape index (κ3) is 3.24. The molecule has 0 aliphatic carbocycles. The van der Waals surface area contributed by atoms with E-state index < -0.39 is 0 Å². The maximum Gasteiger partial charge on any atom is 0.278 e. The molecule has 0 radical (unpaired) electrons. The van der Waals surface area contributed by atoms with E-state index in [2.05, 4.69) is 21.2 Å². The number of imide groups is 1. The van der Waals surface area contributed by atoms with Gasteiger partial charge in [0.05, 0.1) is 5.57 Å². The smallest absolute Gasteiger partial charge is 0.278 e. The van der Waals surface area contributed by atoms with E-state index in [-0.39, 0.29) is 11.8 Å². The van der Waals surface area contributed by atoms with E-state index in [9.17, 15) is 9.59 Å². The number of hydrogen-bond donors (Lipinski definition) is 1. The number of rotatable bonds is 4. The molecular weight excluding hydrogens is 380 g/mol. The van der Waals surface area contributed by atoms with Crippen LogP contribution in [0.3, 0.4) is 0 Å². The highest BCUT2D eigenvalue weighted by Gasteiger charge is 2.38. The molecule has 0 saturated heterocycles. The van der Waals surface area contributed by atoms with Gasteiger partial charge in [0, 0.05) is 16.7 Å². The Hall–Kier alpha value is -2.40. The maximum absolute atomic E-state index is 12.9. The molecule has 0 bridgehead atoms. The lowest BCUT2D eigenvalue weighted by Crippen LogP contribution is -2.32. The largest absolute Gasteiger partial charge is 0.350 e. The summed E-state index contributed by atoms with van der Waals surface area (Å²) in [5.74, 6) is -0.542. The van der Waals surface area contributed by atoms with Crippen molar-refractivity contribution in [3.05, 3.63) is 69.3 Å². The van der Waals surface area contributed by atoms with Crippen molar-refractivity contribution in [2.75, 3.05) is 11.9 Å². The van der Waals surface area contributed by atoms with Crippen LogP contribution in [0.2, 0.25) is 0 Å². The third-order valence-electron chi connectivity index (χ3n) is 4.23. The summed E-state index contributed by atoms with van der Waals surface area (Å²) in [4.78, 5) is 26.9. The lowest BCUT2D eigenvalue weighted by molar-refractivity contribution is -0.136. The quantitative estimate of drug-likeness (QED) is 0.781. The maximum atomic E-state index is 12.9. The molecule has 2 amide bonds. The molecule has 4 nitrogen and oxygen atoms in total. The van der Waals surface area contributed by atoms with Gasteiger partial charge in [-0.05, 0) is 50.1 Å². The van der Waals surface area contributed by atoms with Crippen LogP contribution in [0.4, 0.5) is 5.69 Å². The molecule has 0 aromatic heterocycles. The molecule has 0 atom stereocenters. The number of carbonyl (C=O) groups is 2. The van der Waals surface area contributed by atoms with Gasteiger partial charge < -0.3 is 5.32 Å². The molecule has 25 heavy (non-hydrogen) atoms. The predicted molar refractivity (Wildman–Crippen MR) is 103 cm³/mol. The van der Waals surface area contributed by atoms with Crippen molar-refractivity contribution in [1.82, 2.24) is 4.90 Å². The first-order chi connectivity index (χ1) is 11.9. The van der Waals surface area contributed by atoms with E-state index in [1.807, 2.05) is 56.3 Å². The van der Waals surface area contributed by atoms with E-state index in [1.54, 1.807) is 6.92 Å². The van der Waals surface area contributed by atoms with Gasteiger partial charge in [0.1, 0.15) is 5.70 Å². The zero-order chi connectivity index (χ0) is 18.1. The summed E-state index contributed by atoms with van der Waals surface area (Å²) in [6.45, 7) is 6.11. The van der Waals surface area contributed by atoms with Crippen molar-refractivity contribution in [2.45, 2.75) is 20.8 Å². The molecule has 3 rings (SSSR count). The van der Waals surface area contributed by atoms with Gasteiger partial charge in [-0.2, -0.15) is 0 Å². The zero-order valence-electron chi connectivity index (χ0n) is 14.4. The van der Waals surface area contributed by atoms with Crippen LogP contribution < -0.4 is 5.32 Å². The van der Waals surface area contributed by atoms with Gasteiger partial charge in [0.25, 0.3) is 11.8 Å². The number of anilines is 1. The second-order valence-electron chi connectivity index (χ2n) is 6.06. The molecule has 2 aromatic rings. The number of carbonyl (C=O) groups excluding carboxylic acids is 2. The molecule has 1 heterocycles. The average Bonchev–Trinajstić information content (AvgIpc) is 2.78. The van der Waals surface area contributed by atoms with Crippen LogP contribution in [-0.4, -0.2) is 23.3 Å². The Kier molecular flexibility index (Phi) is 4.77. The number of nitrogens with one attached hydrogen (secondary N) is 1. The Bertz CT molecular complexity index is 902. The zero-order valence-corrected chi connectivity index (χ0v) is 16.0. The first-order valence-corrected chi connectivity index (χ1v) is 8.92. The topological polar surface area (TPSA) is 49.4 Å². The number of likely N-dealkylation sites (N-methyl/N-ethyl adjacent to an activating group) is 1. The van der Waals surface area contributed by atoms with Gasteiger partial charge in [0.2, 0.25) is 0 Å². The molecule has 1 aliphatic heterocycles. The summed E-state index contributed by atoms with van der Waals surface area (Å²) < 4.78 is 0.898. The Labute approximate surface area is 155 Å². The first kappa shape index (κ1) is 17.4. The fourth-order valence-electron chi connectivity index (χ4n) is 3.03. The fourth-order valence-corrected chi connectivity index (χ4v) is 3.43. The Morgan fingerprint density at radius 3 is 2.44 bits per heavy atom. The normalized spacial score (nSPS) is 14.5. The number of amides is 2. The summed E-state index contributed by atoms with van der Waals surface area (Å²) in [5.41, 5.74) is 4.40. The van der Waals surface area contributed by atoms with Gasteiger partial charge >= 0.3 is 0 Å². The Balaban J connectivity index is 2.14. The van der Waals surface area contributed by atoms with Crippen molar-refractivity contribution >= 4 is 39.0 Å². The lowest BCUT2D eigenvalue weighted by atomic mass is 9.97. The number of nitrogens with zero attached hydrogens (tertiary/aromatic N) is 1. The minimum atomic E-state index is -0.289. The second kappa shape index (κ2) is 6.84. The van der Waals surface area contributed by atoms with Gasteiger partial charge in [0.15, 0.2) is 0 Å². The van der Waals surface area contributed by atoms with Crippen molar-refractivity contribution in [3.63, 3.8) is 0 Å². The van der Waals surface area contributed by atoms with Crippen LogP contribution in [0.25, 0.3) is 5.57 Å². The van der Waals surface area contributed by atoms with Gasteiger partial charge in [-0.3, -0.25) is 14.5 Å². The molecule has 0 saturated carbocycles. The fraction of sp³-hybridized carbons (Fsp3) is 0.200. The molecule has 0 fully saturated rings. The minimum absolute atomic E-state index is 0.253. The molecule has 1 aliphatic rings. The summed E-state index contributed by atoms with van der Waals surface area (Å²) in [7, 11) is 0. The minimum Gasteiger partial charge on any atom is -0.350 e. The standard InChI is InChI=1S/C20H19BrN2O2/c1-4-23-19(24)17(16-9-8-12(2)10-13(16)3)18(20(23)25)22-15-7-5-6-14(21)11-15/h5-11,22H,4H2,1-3H3. The summed E-state index contributed by atoms with van der Waals surface area (Å²) >= 11 is 3.43.